The number of hydrogen-bond acceptors (Lipinski definition) is 0. The van der Waals surface area contributed by atoms with Crippen molar-refractivity contribution in [1.82, 2.24) is 0 Å². The quantitative estimate of drug-likeness (QED) is 0.333. The van der Waals surface area contributed by atoms with Crippen molar-refractivity contribution in [2.75, 3.05) is 5.88 Å². The summed E-state index contributed by atoms with van der Waals surface area (Å²) in [7, 11) is 0. The molecule has 0 aliphatic rings. The van der Waals surface area contributed by atoms with Crippen LogP contribution in [0.2, 0.25) is 0 Å². The third kappa shape index (κ3) is 11.6. The molecule has 0 saturated carbocycles. The van der Waals surface area contributed by atoms with Crippen LogP contribution in [0.5, 0.6) is 0 Å². The predicted octanol–water partition coefficient (Wildman–Crippen LogP) is 1.03. The van der Waals surface area contributed by atoms with E-state index in [1.54, 1.807) is 6.08 Å². The molecule has 0 atom stereocenters. The molecule has 4 radical (unpaired) electrons. The normalized spacial score (nSPS) is 5.00. The summed E-state index contributed by atoms with van der Waals surface area (Å²) in [5, 5.41) is 0. The third-order valence-corrected chi connectivity index (χ3v) is 0.327. The first-order valence-electron chi connectivity index (χ1n) is 1.08. The Hall–Kier alpha value is 0.829. The van der Waals surface area contributed by atoms with E-state index in [0.29, 0.717) is 5.88 Å². The SMILES string of the molecule is C=CCCl.[Sn]. The van der Waals surface area contributed by atoms with Gasteiger partial charge in [0.25, 0.3) is 0 Å². The maximum absolute atomic E-state index is 5.07. The molecule has 5 heavy (non-hydrogen) atoms. The topological polar surface area (TPSA) is 0 Å². The number of alkyl halides is 1. The summed E-state index contributed by atoms with van der Waals surface area (Å²) in [6.45, 7) is 3.35. The number of hydrogen-bond donors (Lipinski definition) is 0. The summed E-state index contributed by atoms with van der Waals surface area (Å²) in [4.78, 5) is 0. The average molecular weight is 195 g/mol. The van der Waals surface area contributed by atoms with Crippen molar-refractivity contribution in [3.05, 3.63) is 12.7 Å². The van der Waals surface area contributed by atoms with Gasteiger partial charge in [-0.25, -0.2) is 0 Å². The van der Waals surface area contributed by atoms with Crippen LogP contribution >= 0.6 is 11.6 Å². The van der Waals surface area contributed by atoms with Crippen molar-refractivity contribution in [3.8, 4) is 0 Å². The zero-order valence-corrected chi connectivity index (χ0v) is 6.48. The average Bonchev–Trinajstić information content (AvgIpc) is 1.37. The van der Waals surface area contributed by atoms with E-state index in [1.807, 2.05) is 0 Å². The second-order valence-electron chi connectivity index (χ2n) is 0.443. The third-order valence-electron chi connectivity index (χ3n) is 0.109. The van der Waals surface area contributed by atoms with Crippen molar-refractivity contribution in [1.29, 1.82) is 0 Å². The summed E-state index contributed by atoms with van der Waals surface area (Å²) in [5.74, 6) is 0.556. The van der Waals surface area contributed by atoms with Crippen molar-refractivity contribution in [3.63, 3.8) is 0 Å². The van der Waals surface area contributed by atoms with Gasteiger partial charge in [-0.05, 0) is 0 Å². The Morgan fingerprint density at radius 2 is 2.00 bits per heavy atom. The Labute approximate surface area is 54.2 Å². The largest absolute Gasteiger partial charge is 0.122 e. The van der Waals surface area contributed by atoms with Crippen molar-refractivity contribution >= 4 is 35.5 Å². The minimum Gasteiger partial charge on any atom is -0.122 e. The first-order valence-corrected chi connectivity index (χ1v) is 1.62. The number of allylic oxidation sites excluding steroid dienone is 1. The van der Waals surface area contributed by atoms with Gasteiger partial charge in [0.2, 0.25) is 0 Å². The molecule has 0 nitrogen and oxygen atoms in total. The summed E-state index contributed by atoms with van der Waals surface area (Å²) >= 11 is 5.07. The molecule has 0 aromatic carbocycles. The van der Waals surface area contributed by atoms with E-state index in [0.717, 1.165) is 0 Å². The van der Waals surface area contributed by atoms with E-state index in [9.17, 15) is 0 Å². The van der Waals surface area contributed by atoms with Gasteiger partial charge in [-0.2, -0.15) is 0 Å². The second kappa shape index (κ2) is 8.85. The molecule has 0 aliphatic heterocycles. The van der Waals surface area contributed by atoms with Crippen molar-refractivity contribution in [2.45, 2.75) is 0 Å². The number of rotatable bonds is 1. The van der Waals surface area contributed by atoms with Crippen molar-refractivity contribution < 1.29 is 0 Å². The first-order chi connectivity index (χ1) is 1.91. The molecule has 0 aromatic rings. The summed E-state index contributed by atoms with van der Waals surface area (Å²) < 4.78 is 0. The summed E-state index contributed by atoms with van der Waals surface area (Å²) in [5.41, 5.74) is 0. The van der Waals surface area contributed by atoms with Crippen LogP contribution in [0.15, 0.2) is 12.7 Å². The molecule has 0 spiro atoms. The van der Waals surface area contributed by atoms with E-state index in [2.05, 4.69) is 6.58 Å². The minimum absolute atomic E-state index is 0. The van der Waals surface area contributed by atoms with Crippen LogP contribution in [0.4, 0.5) is 0 Å². The monoisotopic (exact) mass is 196 g/mol. The van der Waals surface area contributed by atoms with E-state index >= 15 is 0 Å². The molecular formula is C3H5ClSn. The molecule has 0 rings (SSSR count). The molecule has 0 unspecified atom stereocenters. The summed E-state index contributed by atoms with van der Waals surface area (Å²) in [6.07, 6.45) is 1.64. The molecule has 0 N–H and O–H groups in total. The predicted molar refractivity (Wildman–Crippen MR) is 26.7 cm³/mol. The Morgan fingerprint density at radius 1 is 1.80 bits per heavy atom. The minimum atomic E-state index is 0. The standard InChI is InChI=1S/C3H5Cl.Sn/c1-2-3-4;/h2H,1,3H2;. The molecule has 0 heterocycles. The van der Waals surface area contributed by atoms with Gasteiger partial charge in [0, 0.05) is 29.8 Å². The smallest absolute Gasteiger partial charge is 0.0401 e. The van der Waals surface area contributed by atoms with E-state index in [1.165, 1.54) is 0 Å². The zero-order valence-electron chi connectivity index (χ0n) is 2.87. The van der Waals surface area contributed by atoms with Crippen molar-refractivity contribution in [2.24, 2.45) is 0 Å². The Morgan fingerprint density at radius 3 is 2.00 bits per heavy atom. The van der Waals surface area contributed by atoms with E-state index in [-0.39, 0.29) is 23.9 Å². The van der Waals surface area contributed by atoms with Gasteiger partial charge in [0.15, 0.2) is 0 Å². The maximum Gasteiger partial charge on any atom is 0.0401 e. The fraction of sp³-hybridized carbons (Fsp3) is 0.333. The fourth-order valence-corrected chi connectivity index (χ4v) is 0. The molecule has 0 saturated heterocycles. The van der Waals surface area contributed by atoms with Gasteiger partial charge < -0.3 is 0 Å². The van der Waals surface area contributed by atoms with Crippen LogP contribution in [-0.4, -0.2) is 29.8 Å². The molecule has 0 aliphatic carbocycles. The van der Waals surface area contributed by atoms with Gasteiger partial charge >= 0.3 is 0 Å². The van der Waals surface area contributed by atoms with Crippen LogP contribution in [-0.2, 0) is 0 Å². The van der Waals surface area contributed by atoms with Gasteiger partial charge in [0.1, 0.15) is 0 Å². The molecule has 0 aromatic heterocycles. The Bertz CT molecular complexity index is 20.9. The van der Waals surface area contributed by atoms with Crippen LogP contribution in [0.1, 0.15) is 0 Å². The van der Waals surface area contributed by atoms with Crippen LogP contribution in [0.25, 0.3) is 0 Å². The molecule has 0 amide bonds. The first kappa shape index (κ1) is 9.27. The summed E-state index contributed by atoms with van der Waals surface area (Å²) in [6, 6.07) is 0. The molecule has 2 heteroatoms. The van der Waals surface area contributed by atoms with Gasteiger partial charge in [-0.1, -0.05) is 6.08 Å². The second-order valence-corrected chi connectivity index (χ2v) is 0.752. The van der Waals surface area contributed by atoms with E-state index in [4.69, 9.17) is 11.6 Å². The molecular weight excluding hydrogens is 190 g/mol. The molecule has 0 bridgehead atoms. The fourth-order valence-electron chi connectivity index (χ4n) is 0. The maximum atomic E-state index is 5.07. The van der Waals surface area contributed by atoms with Gasteiger partial charge in [-0.15, -0.1) is 18.2 Å². The number of halogens is 1. The van der Waals surface area contributed by atoms with Crippen LogP contribution in [0, 0.1) is 0 Å². The van der Waals surface area contributed by atoms with Crippen LogP contribution in [0.3, 0.4) is 0 Å². The van der Waals surface area contributed by atoms with Gasteiger partial charge in [0.05, 0.1) is 0 Å². The van der Waals surface area contributed by atoms with E-state index < -0.39 is 0 Å². The zero-order chi connectivity index (χ0) is 3.41. The Balaban J connectivity index is 0. The Kier molecular flexibility index (Phi) is 16.4. The van der Waals surface area contributed by atoms with Crippen LogP contribution < -0.4 is 0 Å². The van der Waals surface area contributed by atoms with Gasteiger partial charge in [-0.3, -0.25) is 0 Å². The molecule has 28 valence electrons. The molecule has 0 fully saturated rings.